The highest BCUT2D eigenvalue weighted by molar-refractivity contribution is 7.80. The van der Waals surface area contributed by atoms with Gasteiger partial charge in [-0.25, -0.2) is 9.78 Å². The Morgan fingerprint density at radius 1 is 1.20 bits per heavy atom. The van der Waals surface area contributed by atoms with Crippen LogP contribution in [-0.2, 0) is 25.6 Å². The highest BCUT2D eigenvalue weighted by Gasteiger charge is 2.26. The van der Waals surface area contributed by atoms with Crippen molar-refractivity contribution in [1.82, 2.24) is 25.9 Å². The van der Waals surface area contributed by atoms with Crippen LogP contribution < -0.4 is 16.0 Å². The topological polar surface area (TPSA) is 153 Å². The Bertz CT molecular complexity index is 621. The molecular weight excluding hydrogens is 350 g/mol. The molecule has 10 nitrogen and oxygen atoms in total. The Balaban J connectivity index is 2.62. The summed E-state index contributed by atoms with van der Waals surface area (Å²) in [6.45, 7) is 2.67. The summed E-state index contributed by atoms with van der Waals surface area (Å²) < 4.78 is 0. The summed E-state index contributed by atoms with van der Waals surface area (Å²) in [6, 6.07) is -3.06. The van der Waals surface area contributed by atoms with Gasteiger partial charge in [0.2, 0.25) is 17.7 Å². The first-order valence-electron chi connectivity index (χ1n) is 7.43. The zero-order valence-corrected chi connectivity index (χ0v) is 14.7. The van der Waals surface area contributed by atoms with Crippen molar-refractivity contribution in [3.63, 3.8) is 0 Å². The van der Waals surface area contributed by atoms with Crippen LogP contribution in [0.3, 0.4) is 0 Å². The number of H-pyrrole nitrogens is 1. The Hall–Kier alpha value is -2.56. The van der Waals surface area contributed by atoms with Gasteiger partial charge in [-0.3, -0.25) is 14.4 Å². The minimum absolute atomic E-state index is 0.0207. The molecule has 5 N–H and O–H groups in total. The number of amides is 3. The number of aromatic nitrogens is 2. The molecule has 1 rings (SSSR count). The molecule has 0 spiro atoms. The lowest BCUT2D eigenvalue weighted by Crippen LogP contribution is -2.55. The number of rotatable bonds is 9. The van der Waals surface area contributed by atoms with Gasteiger partial charge in [0, 0.05) is 31.0 Å². The Labute approximate surface area is 149 Å². The van der Waals surface area contributed by atoms with Crippen molar-refractivity contribution in [1.29, 1.82) is 0 Å². The lowest BCUT2D eigenvalue weighted by Gasteiger charge is -2.21. The number of carbonyl (C=O) groups excluding carboxylic acids is 3. The molecule has 0 aliphatic rings. The normalized spacial score (nSPS) is 14.0. The van der Waals surface area contributed by atoms with Gasteiger partial charge in [0.05, 0.1) is 6.33 Å². The average Bonchev–Trinajstić information content (AvgIpc) is 3.04. The quantitative estimate of drug-likeness (QED) is 0.289. The fourth-order valence-corrected chi connectivity index (χ4v) is 2.19. The van der Waals surface area contributed by atoms with E-state index >= 15 is 0 Å². The molecule has 0 saturated heterocycles. The van der Waals surface area contributed by atoms with Crippen molar-refractivity contribution in [2.24, 2.45) is 0 Å². The highest BCUT2D eigenvalue weighted by Crippen LogP contribution is 2.00. The molecular formula is C14H21N5O5S. The molecule has 138 valence electrons. The first kappa shape index (κ1) is 20.5. The van der Waals surface area contributed by atoms with Crippen molar-refractivity contribution >= 4 is 36.3 Å². The lowest BCUT2D eigenvalue weighted by atomic mass is 10.1. The van der Waals surface area contributed by atoms with Crippen molar-refractivity contribution in [3.8, 4) is 0 Å². The summed E-state index contributed by atoms with van der Waals surface area (Å²) in [5.74, 6) is -2.82. The van der Waals surface area contributed by atoms with E-state index in [2.05, 4.69) is 38.5 Å². The number of thiol groups is 1. The molecule has 0 radical (unpaired) electrons. The predicted molar refractivity (Wildman–Crippen MR) is 90.9 cm³/mol. The van der Waals surface area contributed by atoms with Crippen LogP contribution in [0.15, 0.2) is 12.5 Å². The van der Waals surface area contributed by atoms with Crippen LogP contribution in [0.25, 0.3) is 0 Å². The summed E-state index contributed by atoms with van der Waals surface area (Å²) >= 11 is 3.97. The number of aliphatic carboxylic acids is 1. The van der Waals surface area contributed by atoms with Crippen LogP contribution in [0, 0.1) is 0 Å². The van der Waals surface area contributed by atoms with Crippen molar-refractivity contribution in [3.05, 3.63) is 18.2 Å². The largest absolute Gasteiger partial charge is 0.480 e. The Morgan fingerprint density at radius 3 is 2.36 bits per heavy atom. The third-order valence-electron chi connectivity index (χ3n) is 3.22. The second kappa shape index (κ2) is 9.67. The van der Waals surface area contributed by atoms with Crippen molar-refractivity contribution < 1.29 is 24.3 Å². The van der Waals surface area contributed by atoms with Crippen molar-refractivity contribution in [2.45, 2.75) is 38.4 Å². The third-order valence-corrected chi connectivity index (χ3v) is 3.59. The van der Waals surface area contributed by atoms with Gasteiger partial charge in [0.15, 0.2) is 0 Å². The maximum Gasteiger partial charge on any atom is 0.326 e. The molecule has 25 heavy (non-hydrogen) atoms. The van der Waals surface area contributed by atoms with Crippen LogP contribution in [0.4, 0.5) is 0 Å². The minimum Gasteiger partial charge on any atom is -0.480 e. The number of nitrogens with one attached hydrogen (secondary N) is 4. The minimum atomic E-state index is -1.21. The molecule has 0 aromatic carbocycles. The number of carboxylic acids is 1. The van der Waals surface area contributed by atoms with E-state index in [1.54, 1.807) is 0 Å². The summed E-state index contributed by atoms with van der Waals surface area (Å²) in [6.07, 6.45) is 2.88. The molecule has 0 fully saturated rings. The summed E-state index contributed by atoms with van der Waals surface area (Å²) in [4.78, 5) is 53.0. The number of imidazole rings is 1. The second-order valence-corrected chi connectivity index (χ2v) is 5.71. The SMILES string of the molecule is CC(=O)NC(CS)C(=O)NC(C)C(=O)NC(Cc1cnc[nH]1)C(=O)O. The van der Waals surface area contributed by atoms with Crippen LogP contribution in [-0.4, -0.2) is 62.6 Å². The fourth-order valence-electron chi connectivity index (χ4n) is 1.93. The third kappa shape index (κ3) is 6.83. The molecule has 1 aromatic heterocycles. The highest BCUT2D eigenvalue weighted by atomic mass is 32.1. The first-order valence-corrected chi connectivity index (χ1v) is 8.06. The second-order valence-electron chi connectivity index (χ2n) is 5.35. The Morgan fingerprint density at radius 2 is 1.88 bits per heavy atom. The molecule has 0 aliphatic heterocycles. The zero-order valence-electron chi connectivity index (χ0n) is 13.8. The summed E-state index contributed by atoms with van der Waals surface area (Å²) in [5, 5.41) is 16.4. The van der Waals surface area contributed by atoms with Gasteiger partial charge in [-0.1, -0.05) is 0 Å². The van der Waals surface area contributed by atoms with E-state index in [4.69, 9.17) is 0 Å². The van der Waals surface area contributed by atoms with Gasteiger partial charge in [0.1, 0.15) is 18.1 Å². The molecule has 3 unspecified atom stereocenters. The van der Waals surface area contributed by atoms with E-state index in [9.17, 15) is 24.3 Å². The molecule has 0 bridgehead atoms. The Kier molecular flexibility index (Phi) is 7.92. The molecule has 1 aromatic rings. The molecule has 1 heterocycles. The smallest absolute Gasteiger partial charge is 0.326 e. The molecule has 3 atom stereocenters. The monoisotopic (exact) mass is 371 g/mol. The van der Waals surface area contributed by atoms with Crippen molar-refractivity contribution in [2.75, 3.05) is 5.75 Å². The lowest BCUT2D eigenvalue weighted by molar-refractivity contribution is -0.142. The van der Waals surface area contributed by atoms with Crippen LogP contribution >= 0.6 is 12.6 Å². The maximum atomic E-state index is 12.1. The predicted octanol–water partition coefficient (Wildman–Crippen LogP) is -1.54. The summed E-state index contributed by atoms with van der Waals surface area (Å²) in [5.41, 5.74) is 0.546. The number of carbonyl (C=O) groups is 4. The molecule has 0 aliphatic carbocycles. The van der Waals surface area contributed by atoms with Crippen LogP contribution in [0.5, 0.6) is 0 Å². The average molecular weight is 371 g/mol. The maximum absolute atomic E-state index is 12.1. The van der Waals surface area contributed by atoms with Crippen LogP contribution in [0.1, 0.15) is 19.5 Å². The molecule has 0 saturated carbocycles. The number of aromatic amines is 1. The number of nitrogens with zero attached hydrogens (tertiary/aromatic N) is 1. The van der Waals surface area contributed by atoms with Gasteiger partial charge in [-0.05, 0) is 6.92 Å². The van der Waals surface area contributed by atoms with Gasteiger partial charge in [-0.15, -0.1) is 0 Å². The standard InChI is InChI=1S/C14H21N5O5S/c1-7(17-13(22)11(5-25)18-8(2)20)12(21)19-10(14(23)24)3-9-4-15-6-16-9/h4,6-7,10-11,25H,3,5H2,1-2H3,(H,15,16)(H,17,22)(H,18,20)(H,19,21)(H,23,24). The first-order chi connectivity index (χ1) is 11.7. The van der Waals surface area contributed by atoms with E-state index in [1.807, 2.05) is 0 Å². The van der Waals surface area contributed by atoms with E-state index in [0.29, 0.717) is 5.69 Å². The molecule has 11 heteroatoms. The van der Waals surface area contributed by atoms with E-state index < -0.39 is 41.8 Å². The van der Waals surface area contributed by atoms with Gasteiger partial charge >= 0.3 is 5.97 Å². The zero-order chi connectivity index (χ0) is 19.0. The number of hydrogen-bond acceptors (Lipinski definition) is 6. The number of carboxylic acid groups (broad SMARTS) is 1. The van der Waals surface area contributed by atoms with E-state index in [0.717, 1.165) is 0 Å². The van der Waals surface area contributed by atoms with Gasteiger partial charge in [-0.2, -0.15) is 12.6 Å². The van der Waals surface area contributed by atoms with Gasteiger partial charge < -0.3 is 26.0 Å². The van der Waals surface area contributed by atoms with Gasteiger partial charge in [0.25, 0.3) is 0 Å². The fraction of sp³-hybridized carbons (Fsp3) is 0.500. The summed E-state index contributed by atoms with van der Waals surface area (Å²) in [7, 11) is 0. The van der Waals surface area contributed by atoms with E-state index in [1.165, 1.54) is 26.4 Å². The molecule has 3 amide bonds. The van der Waals surface area contributed by atoms with E-state index in [-0.39, 0.29) is 12.2 Å². The van der Waals surface area contributed by atoms with Crippen LogP contribution in [0.2, 0.25) is 0 Å². The number of hydrogen-bond donors (Lipinski definition) is 6.